The van der Waals surface area contributed by atoms with E-state index in [1.165, 1.54) is 11.1 Å². The van der Waals surface area contributed by atoms with Gasteiger partial charge in [-0.25, -0.2) is 19.2 Å². The van der Waals surface area contributed by atoms with Crippen molar-refractivity contribution < 1.29 is 18.8 Å². The van der Waals surface area contributed by atoms with E-state index in [0.717, 1.165) is 10.5 Å². The van der Waals surface area contributed by atoms with Crippen molar-refractivity contribution in [2.24, 2.45) is 13.0 Å². The van der Waals surface area contributed by atoms with E-state index in [4.69, 9.17) is 5.73 Å². The summed E-state index contributed by atoms with van der Waals surface area (Å²) in [5, 5.41) is 2.90. The highest BCUT2D eigenvalue weighted by Gasteiger charge is 2.55. The number of nitrogens with zero attached hydrogens (tertiary/aromatic N) is 5. The number of anilines is 2. The van der Waals surface area contributed by atoms with Gasteiger partial charge in [0.25, 0.3) is 5.91 Å². The van der Waals surface area contributed by atoms with Gasteiger partial charge in [-0.05, 0) is 61.1 Å². The van der Waals surface area contributed by atoms with Gasteiger partial charge in [-0.15, -0.1) is 0 Å². The van der Waals surface area contributed by atoms with Gasteiger partial charge in [0.15, 0.2) is 0 Å². The average molecular weight is 536 g/mol. The number of carbonyl (C=O) groups excluding carboxylic acids is 3. The molecule has 3 aromatic rings. The van der Waals surface area contributed by atoms with Gasteiger partial charge in [0.1, 0.15) is 17.7 Å². The molecule has 11 heteroatoms. The van der Waals surface area contributed by atoms with E-state index in [1.807, 2.05) is 6.92 Å². The number of pyridine rings is 1. The molecule has 206 valence electrons. The molecule has 3 N–H and O–H groups in total. The zero-order valence-corrected chi connectivity index (χ0v) is 22.8. The third-order valence-electron chi connectivity index (χ3n) is 7.29. The zero-order chi connectivity index (χ0) is 28.4. The van der Waals surface area contributed by atoms with Crippen molar-refractivity contribution in [1.29, 1.82) is 0 Å². The molecule has 0 bridgehead atoms. The molecule has 3 heterocycles. The topological polar surface area (TPSA) is 126 Å². The third kappa shape index (κ3) is 5.34. The molecule has 0 spiro atoms. The molecule has 4 rings (SSSR count). The highest BCUT2D eigenvalue weighted by atomic mass is 19.1. The van der Waals surface area contributed by atoms with Crippen molar-refractivity contribution in [1.82, 2.24) is 24.8 Å². The number of nitrogen functional groups attached to an aromatic ring is 1. The van der Waals surface area contributed by atoms with Gasteiger partial charge in [0.2, 0.25) is 11.9 Å². The third-order valence-corrected chi connectivity index (χ3v) is 7.29. The molecule has 1 saturated heterocycles. The van der Waals surface area contributed by atoms with E-state index in [2.05, 4.69) is 15.3 Å². The lowest BCUT2D eigenvalue weighted by atomic mass is 9.81. The molecule has 1 aromatic carbocycles. The number of imide groups is 1. The Labute approximate surface area is 227 Å². The Balaban J connectivity index is 1.64. The minimum Gasteiger partial charge on any atom is -0.384 e. The molecule has 0 aliphatic carbocycles. The minimum atomic E-state index is -1.06. The summed E-state index contributed by atoms with van der Waals surface area (Å²) < 4.78 is 16.4. The van der Waals surface area contributed by atoms with E-state index < -0.39 is 35.8 Å². The molecule has 0 unspecified atom stereocenters. The van der Waals surface area contributed by atoms with Crippen LogP contribution in [-0.2, 0) is 23.1 Å². The Morgan fingerprint density at radius 2 is 1.95 bits per heavy atom. The number of amides is 4. The van der Waals surface area contributed by atoms with Crippen molar-refractivity contribution in [3.8, 4) is 0 Å². The second-order valence-electron chi connectivity index (χ2n) is 9.99. The Morgan fingerprint density at radius 3 is 2.59 bits per heavy atom. The summed E-state index contributed by atoms with van der Waals surface area (Å²) in [4.78, 5) is 51.2. The van der Waals surface area contributed by atoms with E-state index in [0.29, 0.717) is 41.3 Å². The fourth-order valence-corrected chi connectivity index (χ4v) is 5.14. The molecular formula is C28H34FN7O3. The first-order valence-electron chi connectivity index (χ1n) is 12.9. The van der Waals surface area contributed by atoms with Gasteiger partial charge >= 0.3 is 6.03 Å². The lowest BCUT2D eigenvalue weighted by Gasteiger charge is -2.46. The molecule has 4 amide bonds. The summed E-state index contributed by atoms with van der Waals surface area (Å²) in [6, 6.07) is 4.54. The van der Waals surface area contributed by atoms with Crippen LogP contribution in [0.1, 0.15) is 48.1 Å². The van der Waals surface area contributed by atoms with Crippen LogP contribution >= 0.6 is 0 Å². The summed E-state index contributed by atoms with van der Waals surface area (Å²) in [5.74, 6) is -1.36. The predicted molar refractivity (Wildman–Crippen MR) is 145 cm³/mol. The first kappa shape index (κ1) is 27.7. The van der Waals surface area contributed by atoms with Crippen molar-refractivity contribution in [2.45, 2.75) is 52.1 Å². The average Bonchev–Trinajstić information content (AvgIpc) is 3.33. The number of hydrogen-bond acceptors (Lipinski definition) is 6. The molecular weight excluding hydrogens is 501 g/mol. The van der Waals surface area contributed by atoms with E-state index in [9.17, 15) is 18.8 Å². The van der Waals surface area contributed by atoms with Gasteiger partial charge in [0.05, 0.1) is 12.0 Å². The number of likely N-dealkylation sites (tertiary alicyclic amines) is 1. The van der Waals surface area contributed by atoms with Crippen LogP contribution in [0.15, 0.2) is 42.9 Å². The number of nitrogens with two attached hydrogens (primary N) is 1. The minimum absolute atomic E-state index is 0.209. The summed E-state index contributed by atoms with van der Waals surface area (Å²) in [7, 11) is 3.31. The standard InChI is InChI=1S/C28H34FN7O3/c1-6-7-21(19-9-8-16(2)23(29)17(19)3)33-28(39)36-24(26(38)35(5)27-32-12-13-34(27)4)20(25(36)37)14-18-10-11-31-22(30)15-18/h8-13,15,20-21,24H,6-7,14H2,1-5H3,(H2,30,31)(H,33,39)/t20-,21-,24+/m1/s1. The first-order chi connectivity index (χ1) is 18.5. The first-order valence-corrected chi connectivity index (χ1v) is 12.9. The smallest absolute Gasteiger partial charge is 0.325 e. The Bertz CT molecular complexity index is 1410. The summed E-state index contributed by atoms with van der Waals surface area (Å²) >= 11 is 0. The zero-order valence-electron chi connectivity index (χ0n) is 22.8. The molecule has 39 heavy (non-hydrogen) atoms. The summed E-state index contributed by atoms with van der Waals surface area (Å²) in [6.07, 6.45) is 6.25. The number of aryl methyl sites for hydroxylation is 2. The van der Waals surface area contributed by atoms with E-state index in [1.54, 1.807) is 69.2 Å². The number of halogens is 1. The van der Waals surface area contributed by atoms with Gasteiger partial charge in [-0.1, -0.05) is 25.5 Å². The number of benzene rings is 1. The maximum Gasteiger partial charge on any atom is 0.325 e. The second-order valence-corrected chi connectivity index (χ2v) is 9.99. The Hall–Kier alpha value is -4.28. The lowest BCUT2D eigenvalue weighted by Crippen LogP contribution is -2.70. The molecule has 0 saturated carbocycles. The van der Waals surface area contributed by atoms with Crippen molar-refractivity contribution >= 4 is 29.6 Å². The number of aromatic nitrogens is 3. The van der Waals surface area contributed by atoms with Crippen LogP contribution in [-0.4, -0.2) is 50.4 Å². The van der Waals surface area contributed by atoms with Gasteiger partial charge < -0.3 is 15.6 Å². The van der Waals surface area contributed by atoms with Gasteiger partial charge in [0, 0.05) is 32.7 Å². The molecule has 10 nitrogen and oxygen atoms in total. The van der Waals surface area contributed by atoms with Crippen molar-refractivity contribution in [3.63, 3.8) is 0 Å². The molecule has 3 atom stereocenters. The van der Waals surface area contributed by atoms with Crippen molar-refractivity contribution in [2.75, 3.05) is 17.7 Å². The van der Waals surface area contributed by atoms with Crippen LogP contribution in [0.2, 0.25) is 0 Å². The van der Waals surface area contributed by atoms with E-state index in [-0.39, 0.29) is 12.2 Å². The van der Waals surface area contributed by atoms with Crippen molar-refractivity contribution in [3.05, 3.63) is 70.9 Å². The Morgan fingerprint density at radius 1 is 1.21 bits per heavy atom. The maximum absolute atomic E-state index is 14.7. The SMILES string of the molecule is CCC[C@@H](NC(=O)N1C(=O)[C@H](Cc2ccnc(N)c2)[C@H]1C(=O)N(C)c1nccn1C)c1ccc(C)c(F)c1C. The normalized spacial score (nSPS) is 17.5. The van der Waals surface area contributed by atoms with Crippen LogP contribution in [0.25, 0.3) is 0 Å². The quantitative estimate of drug-likeness (QED) is 0.426. The monoisotopic (exact) mass is 535 g/mol. The van der Waals surface area contributed by atoms with Gasteiger partial charge in [-0.3, -0.25) is 19.4 Å². The number of hydrogen-bond donors (Lipinski definition) is 2. The number of rotatable bonds is 8. The van der Waals surface area contributed by atoms with Crippen LogP contribution in [0.3, 0.4) is 0 Å². The summed E-state index contributed by atoms with van der Waals surface area (Å²) in [6.45, 7) is 5.31. The Kier molecular flexibility index (Phi) is 7.98. The van der Waals surface area contributed by atoms with Crippen LogP contribution in [0.4, 0.5) is 21.0 Å². The van der Waals surface area contributed by atoms with E-state index >= 15 is 0 Å². The number of carbonyl (C=O) groups is 3. The number of β-lactam (4-membered cyclic amide) rings is 1. The fraction of sp³-hybridized carbons (Fsp3) is 0.393. The number of nitrogens with one attached hydrogen (secondary N) is 1. The fourth-order valence-electron chi connectivity index (χ4n) is 5.14. The largest absolute Gasteiger partial charge is 0.384 e. The molecule has 1 fully saturated rings. The number of imidazole rings is 1. The lowest BCUT2D eigenvalue weighted by molar-refractivity contribution is -0.156. The molecule has 0 radical (unpaired) electrons. The molecule has 1 aliphatic heterocycles. The highest BCUT2D eigenvalue weighted by molar-refractivity contribution is 6.12. The maximum atomic E-state index is 14.7. The van der Waals surface area contributed by atoms with Gasteiger partial charge in [-0.2, -0.15) is 0 Å². The second kappa shape index (κ2) is 11.2. The van der Waals surface area contributed by atoms with Crippen LogP contribution in [0.5, 0.6) is 0 Å². The number of urea groups is 1. The summed E-state index contributed by atoms with van der Waals surface area (Å²) in [5.41, 5.74) is 8.14. The number of likely N-dealkylation sites (N-methyl/N-ethyl adjacent to an activating group) is 1. The van der Waals surface area contributed by atoms with Crippen LogP contribution < -0.4 is 16.0 Å². The highest BCUT2D eigenvalue weighted by Crippen LogP contribution is 2.34. The van der Waals surface area contributed by atoms with Crippen LogP contribution in [0, 0.1) is 25.6 Å². The molecule has 1 aliphatic rings. The molecule has 2 aromatic heterocycles. The predicted octanol–water partition coefficient (Wildman–Crippen LogP) is 3.44.